The Labute approximate surface area is 149 Å². The van der Waals surface area contributed by atoms with Gasteiger partial charge in [-0.1, -0.05) is 48.0 Å². The smallest absolute Gasteiger partial charge is 0.0995 e. The lowest BCUT2D eigenvalue weighted by Gasteiger charge is -2.44. The van der Waals surface area contributed by atoms with Gasteiger partial charge in [0.1, 0.15) is 0 Å². The fourth-order valence-corrected chi connectivity index (χ4v) is 4.73. The van der Waals surface area contributed by atoms with Crippen LogP contribution >= 0.6 is 0 Å². The lowest BCUT2D eigenvalue weighted by molar-refractivity contribution is -0.0597. The zero-order valence-electron chi connectivity index (χ0n) is 14.7. The summed E-state index contributed by atoms with van der Waals surface area (Å²) in [6.45, 7) is 2.97. The topological polar surface area (TPSA) is 47.3 Å². The Bertz CT molecular complexity index is 795. The molecule has 2 aromatic carbocycles. The molecule has 2 heterocycles. The molecule has 0 aliphatic carbocycles. The minimum Gasteiger partial charge on any atom is -0.385 e. The maximum atomic E-state index is 11.5. The summed E-state index contributed by atoms with van der Waals surface area (Å²) in [6, 6.07) is 19.4. The second-order valence-corrected chi connectivity index (χ2v) is 7.64. The van der Waals surface area contributed by atoms with Crippen molar-refractivity contribution in [2.24, 2.45) is 0 Å². The Balaban J connectivity index is 1.61. The fraction of sp³-hybridized carbons (Fsp3) is 0.409. The summed E-state index contributed by atoms with van der Waals surface area (Å²) in [6.07, 6.45) is 3.70. The standard InChI is InChI=1S/C22H24N2O/c1-16-7-8-18(14-23)21(11-16)22(25)12-19-9-10-20(13-22)24(19)15-17-5-3-2-4-6-17/h2-8,11,19-20,25H,9-10,12-13,15H2,1H3. The molecule has 2 aromatic rings. The third-order valence-corrected chi connectivity index (χ3v) is 5.92. The van der Waals surface area contributed by atoms with Gasteiger partial charge in [-0.2, -0.15) is 5.26 Å². The van der Waals surface area contributed by atoms with Gasteiger partial charge < -0.3 is 5.11 Å². The van der Waals surface area contributed by atoms with Crippen molar-refractivity contribution >= 4 is 0 Å². The van der Waals surface area contributed by atoms with Crippen molar-refractivity contribution in [3.8, 4) is 6.07 Å². The van der Waals surface area contributed by atoms with Gasteiger partial charge in [0.25, 0.3) is 0 Å². The average Bonchev–Trinajstić information content (AvgIpc) is 2.86. The van der Waals surface area contributed by atoms with Gasteiger partial charge in [-0.25, -0.2) is 0 Å². The Kier molecular flexibility index (Phi) is 4.11. The zero-order valence-corrected chi connectivity index (χ0v) is 14.7. The fourth-order valence-electron chi connectivity index (χ4n) is 4.73. The van der Waals surface area contributed by atoms with Crippen LogP contribution in [0.4, 0.5) is 0 Å². The number of aryl methyl sites for hydroxylation is 1. The predicted molar refractivity (Wildman–Crippen MR) is 97.8 cm³/mol. The highest BCUT2D eigenvalue weighted by molar-refractivity contribution is 5.44. The minimum absolute atomic E-state index is 0.385. The van der Waals surface area contributed by atoms with E-state index in [1.54, 1.807) is 0 Å². The molecule has 2 bridgehead atoms. The Hall–Kier alpha value is -2.15. The van der Waals surface area contributed by atoms with E-state index < -0.39 is 5.60 Å². The molecule has 2 unspecified atom stereocenters. The number of benzene rings is 2. The average molecular weight is 332 g/mol. The van der Waals surface area contributed by atoms with Gasteiger partial charge in [0, 0.05) is 24.2 Å². The van der Waals surface area contributed by atoms with Crippen LogP contribution in [0.2, 0.25) is 0 Å². The van der Waals surface area contributed by atoms with Crippen LogP contribution in [0, 0.1) is 18.3 Å². The molecular formula is C22H24N2O. The SMILES string of the molecule is Cc1ccc(C#N)c(C2(O)CC3CCC(C2)N3Cc2ccccc2)c1. The molecule has 2 aliphatic rings. The maximum absolute atomic E-state index is 11.5. The number of piperidine rings is 1. The van der Waals surface area contributed by atoms with Crippen LogP contribution in [-0.2, 0) is 12.1 Å². The van der Waals surface area contributed by atoms with Crippen LogP contribution in [-0.4, -0.2) is 22.1 Å². The Morgan fingerprint density at radius 1 is 1.12 bits per heavy atom. The number of nitriles is 1. The number of nitrogens with zero attached hydrogens (tertiary/aromatic N) is 2. The van der Waals surface area contributed by atoms with E-state index in [1.165, 1.54) is 5.56 Å². The number of hydrogen-bond donors (Lipinski definition) is 1. The molecule has 2 aliphatic heterocycles. The molecule has 1 N–H and O–H groups in total. The summed E-state index contributed by atoms with van der Waals surface area (Å²) in [5.74, 6) is 0. The van der Waals surface area contributed by atoms with E-state index in [9.17, 15) is 10.4 Å². The van der Waals surface area contributed by atoms with Crippen molar-refractivity contribution in [2.75, 3.05) is 0 Å². The highest BCUT2D eigenvalue weighted by Crippen LogP contribution is 2.47. The van der Waals surface area contributed by atoms with Crippen LogP contribution in [0.15, 0.2) is 48.5 Å². The summed E-state index contributed by atoms with van der Waals surface area (Å²) in [5.41, 5.74) is 2.99. The van der Waals surface area contributed by atoms with Crippen LogP contribution in [0.1, 0.15) is 47.9 Å². The zero-order chi connectivity index (χ0) is 17.4. The van der Waals surface area contributed by atoms with E-state index in [2.05, 4.69) is 35.2 Å². The lowest BCUT2D eigenvalue weighted by atomic mass is 9.78. The van der Waals surface area contributed by atoms with Gasteiger partial charge in [-0.3, -0.25) is 4.90 Å². The molecule has 25 heavy (non-hydrogen) atoms. The van der Waals surface area contributed by atoms with E-state index in [4.69, 9.17) is 0 Å². The first-order valence-corrected chi connectivity index (χ1v) is 9.12. The normalized spacial score (nSPS) is 28.7. The molecule has 4 rings (SSSR count). The van der Waals surface area contributed by atoms with Crippen LogP contribution in [0.25, 0.3) is 0 Å². The molecule has 0 aromatic heterocycles. The van der Waals surface area contributed by atoms with E-state index in [0.717, 1.165) is 30.5 Å². The van der Waals surface area contributed by atoms with Gasteiger partial charge in [0.2, 0.25) is 0 Å². The summed E-state index contributed by atoms with van der Waals surface area (Å²) >= 11 is 0. The van der Waals surface area contributed by atoms with Crippen molar-refractivity contribution in [1.29, 1.82) is 5.26 Å². The third kappa shape index (κ3) is 2.97. The lowest BCUT2D eigenvalue weighted by Crippen LogP contribution is -2.49. The first kappa shape index (κ1) is 16.3. The Morgan fingerprint density at radius 3 is 2.44 bits per heavy atom. The first-order chi connectivity index (χ1) is 12.1. The van der Waals surface area contributed by atoms with Crippen LogP contribution < -0.4 is 0 Å². The van der Waals surface area contributed by atoms with Crippen LogP contribution in [0.3, 0.4) is 0 Å². The highest BCUT2D eigenvalue weighted by Gasteiger charge is 2.48. The minimum atomic E-state index is -0.879. The van der Waals surface area contributed by atoms with E-state index in [-0.39, 0.29) is 0 Å². The molecule has 0 radical (unpaired) electrons. The van der Waals surface area contributed by atoms with Gasteiger partial charge in [-0.05, 0) is 44.2 Å². The molecule has 2 saturated heterocycles. The summed E-state index contributed by atoms with van der Waals surface area (Å²) in [7, 11) is 0. The largest absolute Gasteiger partial charge is 0.385 e. The second-order valence-electron chi connectivity index (χ2n) is 7.64. The number of rotatable bonds is 3. The van der Waals surface area contributed by atoms with E-state index >= 15 is 0 Å². The highest BCUT2D eigenvalue weighted by atomic mass is 16.3. The molecule has 0 saturated carbocycles. The van der Waals surface area contributed by atoms with Crippen LogP contribution in [0.5, 0.6) is 0 Å². The van der Waals surface area contributed by atoms with Gasteiger partial charge in [-0.15, -0.1) is 0 Å². The molecule has 128 valence electrons. The van der Waals surface area contributed by atoms with Crippen molar-refractivity contribution in [3.63, 3.8) is 0 Å². The Morgan fingerprint density at radius 2 is 1.80 bits per heavy atom. The second kappa shape index (κ2) is 6.29. The van der Waals surface area contributed by atoms with Gasteiger partial charge in [0.05, 0.1) is 17.2 Å². The molecular weight excluding hydrogens is 308 g/mol. The molecule has 3 heteroatoms. The summed E-state index contributed by atoms with van der Waals surface area (Å²) in [5, 5.41) is 20.9. The molecule has 0 amide bonds. The van der Waals surface area contributed by atoms with Gasteiger partial charge >= 0.3 is 0 Å². The third-order valence-electron chi connectivity index (χ3n) is 5.92. The van der Waals surface area contributed by atoms with Crippen molar-refractivity contribution in [3.05, 3.63) is 70.8 Å². The molecule has 2 fully saturated rings. The number of aliphatic hydroxyl groups is 1. The summed E-state index contributed by atoms with van der Waals surface area (Å²) in [4.78, 5) is 2.56. The summed E-state index contributed by atoms with van der Waals surface area (Å²) < 4.78 is 0. The van der Waals surface area contributed by atoms with Crippen molar-refractivity contribution < 1.29 is 5.11 Å². The first-order valence-electron chi connectivity index (χ1n) is 9.12. The molecule has 2 atom stereocenters. The van der Waals surface area contributed by atoms with Crippen molar-refractivity contribution in [2.45, 2.75) is 56.8 Å². The monoisotopic (exact) mass is 332 g/mol. The number of fused-ring (bicyclic) bond motifs is 2. The molecule has 3 nitrogen and oxygen atoms in total. The number of hydrogen-bond acceptors (Lipinski definition) is 3. The van der Waals surface area contributed by atoms with E-state index in [1.807, 2.05) is 31.2 Å². The predicted octanol–water partition coefficient (Wildman–Crippen LogP) is 3.88. The van der Waals surface area contributed by atoms with Crippen molar-refractivity contribution in [1.82, 2.24) is 4.90 Å². The van der Waals surface area contributed by atoms with E-state index in [0.29, 0.717) is 30.5 Å². The van der Waals surface area contributed by atoms with Gasteiger partial charge in [0.15, 0.2) is 0 Å². The quantitative estimate of drug-likeness (QED) is 0.928. The molecule has 0 spiro atoms. The maximum Gasteiger partial charge on any atom is 0.0995 e.